The number of rotatable bonds is 7. The first kappa shape index (κ1) is 23.2. The van der Waals surface area contributed by atoms with Gasteiger partial charge in [-0.1, -0.05) is 6.42 Å². The number of thiophene rings is 1. The number of halogens is 1. The minimum absolute atomic E-state index is 0.0734. The van der Waals surface area contributed by atoms with Crippen molar-refractivity contribution in [3.05, 3.63) is 44.3 Å². The topological polar surface area (TPSA) is 92.8 Å². The molecule has 2 aromatic rings. The maximum absolute atomic E-state index is 12.7. The molecule has 1 amide bonds. The van der Waals surface area contributed by atoms with Gasteiger partial charge in [-0.05, 0) is 78.3 Å². The molecule has 0 saturated carbocycles. The van der Waals surface area contributed by atoms with Crippen molar-refractivity contribution in [3.63, 3.8) is 0 Å². The van der Waals surface area contributed by atoms with E-state index in [0.717, 1.165) is 39.7 Å². The Bertz CT molecular complexity index is 1030. The standard InChI is InChI=1S/C20H23IN2O5S2/c1-14-11-15(21)5-7-17(14)22-18(24)13-28-19(25)12-16-6-8-20(29-16)30(26,27)23-9-3-2-4-10-23/h5-8,11H,2-4,9-10,12-13H2,1H3,(H,22,24). The predicted molar refractivity (Wildman–Crippen MR) is 124 cm³/mol. The van der Waals surface area contributed by atoms with E-state index in [0.29, 0.717) is 23.7 Å². The number of anilines is 1. The highest BCUT2D eigenvalue weighted by Crippen LogP contribution is 2.27. The molecule has 1 aliphatic rings. The van der Waals surface area contributed by atoms with Gasteiger partial charge in [-0.15, -0.1) is 11.3 Å². The lowest BCUT2D eigenvalue weighted by Crippen LogP contribution is -2.35. The number of esters is 1. The maximum atomic E-state index is 12.7. The second-order valence-electron chi connectivity index (χ2n) is 7.03. The number of benzene rings is 1. The third kappa shape index (κ3) is 6.02. The fourth-order valence-corrected chi connectivity index (χ4v) is 6.78. The van der Waals surface area contributed by atoms with Crippen LogP contribution in [0, 0.1) is 10.5 Å². The summed E-state index contributed by atoms with van der Waals surface area (Å²) in [5, 5.41) is 2.72. The van der Waals surface area contributed by atoms with Crippen molar-refractivity contribution in [2.24, 2.45) is 0 Å². The summed E-state index contributed by atoms with van der Waals surface area (Å²) in [7, 11) is -3.51. The Morgan fingerprint density at radius 3 is 2.60 bits per heavy atom. The van der Waals surface area contributed by atoms with Crippen molar-refractivity contribution in [3.8, 4) is 0 Å². The third-order valence-electron chi connectivity index (χ3n) is 4.69. The van der Waals surface area contributed by atoms with Gasteiger partial charge in [-0.2, -0.15) is 4.31 Å². The summed E-state index contributed by atoms with van der Waals surface area (Å²) >= 11 is 3.26. The zero-order chi connectivity index (χ0) is 21.7. The highest BCUT2D eigenvalue weighted by atomic mass is 127. The SMILES string of the molecule is Cc1cc(I)ccc1NC(=O)COC(=O)Cc1ccc(S(=O)(=O)N2CCCCC2)s1. The van der Waals surface area contributed by atoms with E-state index < -0.39 is 28.5 Å². The molecule has 0 spiro atoms. The highest BCUT2D eigenvalue weighted by molar-refractivity contribution is 14.1. The van der Waals surface area contributed by atoms with Crippen molar-refractivity contribution in [2.75, 3.05) is 25.0 Å². The molecular formula is C20H23IN2O5S2. The molecule has 0 radical (unpaired) electrons. The van der Waals surface area contributed by atoms with Crippen LogP contribution in [-0.4, -0.2) is 44.3 Å². The number of hydrogen-bond acceptors (Lipinski definition) is 6. The molecule has 10 heteroatoms. The number of nitrogens with zero attached hydrogens (tertiary/aromatic N) is 1. The van der Waals surface area contributed by atoms with Gasteiger partial charge >= 0.3 is 5.97 Å². The van der Waals surface area contributed by atoms with Crippen LogP contribution in [0.5, 0.6) is 0 Å². The van der Waals surface area contributed by atoms with Gasteiger partial charge in [0.05, 0.1) is 6.42 Å². The molecule has 162 valence electrons. The average molecular weight is 562 g/mol. The second-order valence-corrected chi connectivity index (χ2v) is 11.6. The van der Waals surface area contributed by atoms with Crippen LogP contribution in [0.15, 0.2) is 34.5 Å². The Labute approximate surface area is 194 Å². The summed E-state index contributed by atoms with van der Waals surface area (Å²) in [4.78, 5) is 24.7. The average Bonchev–Trinajstić information content (AvgIpc) is 3.18. The largest absolute Gasteiger partial charge is 0.455 e. The lowest BCUT2D eigenvalue weighted by atomic mass is 10.2. The lowest BCUT2D eigenvalue weighted by Gasteiger charge is -2.25. The van der Waals surface area contributed by atoms with Gasteiger partial charge in [0.25, 0.3) is 15.9 Å². The number of piperidine rings is 1. The first-order valence-electron chi connectivity index (χ1n) is 9.56. The van der Waals surface area contributed by atoms with Crippen molar-refractivity contribution in [2.45, 2.75) is 36.8 Å². The fraction of sp³-hybridized carbons (Fsp3) is 0.400. The maximum Gasteiger partial charge on any atom is 0.311 e. The first-order valence-corrected chi connectivity index (χ1v) is 12.9. The molecule has 1 saturated heterocycles. The molecular weight excluding hydrogens is 539 g/mol. The van der Waals surface area contributed by atoms with E-state index in [9.17, 15) is 18.0 Å². The Hall–Kier alpha value is -1.50. The Balaban J connectivity index is 1.51. The van der Waals surface area contributed by atoms with Crippen LogP contribution < -0.4 is 5.32 Å². The third-order valence-corrected chi connectivity index (χ3v) is 8.81. The highest BCUT2D eigenvalue weighted by Gasteiger charge is 2.27. The molecule has 0 unspecified atom stereocenters. The van der Waals surface area contributed by atoms with E-state index in [-0.39, 0.29) is 10.6 Å². The zero-order valence-corrected chi connectivity index (χ0v) is 20.3. The molecule has 3 rings (SSSR count). The van der Waals surface area contributed by atoms with Gasteiger partial charge < -0.3 is 10.1 Å². The first-order chi connectivity index (χ1) is 14.3. The van der Waals surface area contributed by atoms with E-state index in [2.05, 4.69) is 27.9 Å². The number of ether oxygens (including phenoxy) is 1. The van der Waals surface area contributed by atoms with Gasteiger partial charge in [0.2, 0.25) is 0 Å². The van der Waals surface area contributed by atoms with Crippen molar-refractivity contribution >= 4 is 61.5 Å². The number of sulfonamides is 1. The Morgan fingerprint density at radius 2 is 1.90 bits per heavy atom. The Morgan fingerprint density at radius 1 is 1.17 bits per heavy atom. The summed E-state index contributed by atoms with van der Waals surface area (Å²) in [6.45, 7) is 2.56. The molecule has 0 bridgehead atoms. The van der Waals surface area contributed by atoms with Crippen molar-refractivity contribution < 1.29 is 22.7 Å². The van der Waals surface area contributed by atoms with Crippen LogP contribution in [0.3, 0.4) is 0 Å². The predicted octanol–water partition coefficient (Wildman–Crippen LogP) is 3.56. The fourth-order valence-electron chi connectivity index (χ4n) is 3.12. The number of hydrogen-bond donors (Lipinski definition) is 1. The summed E-state index contributed by atoms with van der Waals surface area (Å²) < 4.78 is 33.2. The van der Waals surface area contributed by atoms with Gasteiger partial charge in [0, 0.05) is 27.2 Å². The normalized spacial score (nSPS) is 15.0. The zero-order valence-electron chi connectivity index (χ0n) is 16.5. The number of nitrogens with one attached hydrogen (secondary N) is 1. The van der Waals surface area contributed by atoms with Crippen LogP contribution in [0.25, 0.3) is 0 Å². The van der Waals surface area contributed by atoms with Gasteiger partial charge in [-0.3, -0.25) is 9.59 Å². The summed E-state index contributed by atoms with van der Waals surface area (Å²) in [6.07, 6.45) is 2.71. The molecule has 1 aromatic carbocycles. The van der Waals surface area contributed by atoms with Crippen LogP contribution in [-0.2, 0) is 30.8 Å². The van der Waals surface area contributed by atoms with E-state index in [1.54, 1.807) is 12.1 Å². The van der Waals surface area contributed by atoms with Gasteiger partial charge in [0.15, 0.2) is 6.61 Å². The number of carbonyl (C=O) groups excluding carboxylic acids is 2. The van der Waals surface area contributed by atoms with Crippen molar-refractivity contribution in [1.29, 1.82) is 0 Å². The molecule has 2 heterocycles. The molecule has 0 aliphatic carbocycles. The van der Waals surface area contributed by atoms with Crippen LogP contribution in [0.1, 0.15) is 29.7 Å². The molecule has 0 atom stereocenters. The summed E-state index contributed by atoms with van der Waals surface area (Å²) in [5.41, 5.74) is 1.59. The van der Waals surface area contributed by atoms with Crippen LogP contribution in [0.2, 0.25) is 0 Å². The van der Waals surface area contributed by atoms with Crippen LogP contribution in [0.4, 0.5) is 5.69 Å². The van der Waals surface area contributed by atoms with Crippen molar-refractivity contribution in [1.82, 2.24) is 4.31 Å². The van der Waals surface area contributed by atoms with Crippen LogP contribution >= 0.6 is 33.9 Å². The van der Waals surface area contributed by atoms with E-state index in [1.165, 1.54) is 10.4 Å². The summed E-state index contributed by atoms with van der Waals surface area (Å²) in [6, 6.07) is 8.77. The molecule has 1 N–H and O–H groups in total. The monoisotopic (exact) mass is 562 g/mol. The number of aryl methyl sites for hydroxylation is 1. The quantitative estimate of drug-likeness (QED) is 0.412. The van der Waals surface area contributed by atoms with Gasteiger partial charge in [-0.25, -0.2) is 8.42 Å². The Kier molecular flexibility index (Phi) is 7.88. The van der Waals surface area contributed by atoms with E-state index in [1.807, 2.05) is 19.1 Å². The molecule has 30 heavy (non-hydrogen) atoms. The smallest absolute Gasteiger partial charge is 0.311 e. The molecule has 1 aliphatic heterocycles. The number of amides is 1. The summed E-state index contributed by atoms with van der Waals surface area (Å²) in [5.74, 6) is -1.000. The minimum atomic E-state index is -3.51. The minimum Gasteiger partial charge on any atom is -0.455 e. The molecule has 1 fully saturated rings. The molecule has 1 aromatic heterocycles. The lowest BCUT2D eigenvalue weighted by molar-refractivity contribution is -0.146. The second kappa shape index (κ2) is 10.2. The number of carbonyl (C=O) groups is 2. The van der Waals surface area contributed by atoms with E-state index >= 15 is 0 Å². The van der Waals surface area contributed by atoms with E-state index in [4.69, 9.17) is 4.74 Å². The molecule has 7 nitrogen and oxygen atoms in total. The van der Waals surface area contributed by atoms with Gasteiger partial charge in [0.1, 0.15) is 4.21 Å².